The summed E-state index contributed by atoms with van der Waals surface area (Å²) in [6.45, 7) is 5.80. The van der Waals surface area contributed by atoms with Gasteiger partial charge in [-0.3, -0.25) is 0 Å². The van der Waals surface area contributed by atoms with Crippen LogP contribution in [0.4, 0.5) is 0 Å². The Morgan fingerprint density at radius 3 is 2.65 bits per heavy atom. The van der Waals surface area contributed by atoms with Crippen molar-refractivity contribution in [3.63, 3.8) is 0 Å². The van der Waals surface area contributed by atoms with Gasteiger partial charge < -0.3 is 5.32 Å². The normalized spacial score (nSPS) is 11.9. The molecular weight excluding hydrogens is 256 g/mol. The van der Waals surface area contributed by atoms with Crippen molar-refractivity contribution in [2.45, 2.75) is 26.8 Å². The fraction of sp³-hybridized carbons (Fsp3) is 0.636. The molecule has 0 atom stereocenters. The van der Waals surface area contributed by atoms with Crippen LogP contribution in [-0.2, 0) is 16.6 Å². The third-order valence-electron chi connectivity index (χ3n) is 2.42. The maximum Gasteiger partial charge on any atom is 0.213 e. The summed E-state index contributed by atoms with van der Waals surface area (Å²) < 4.78 is 25.9. The van der Waals surface area contributed by atoms with E-state index in [1.807, 2.05) is 17.7 Å². The van der Waals surface area contributed by atoms with Crippen molar-refractivity contribution in [2.75, 3.05) is 18.8 Å². The average Bonchev–Trinajstić information content (AvgIpc) is 2.68. The van der Waals surface area contributed by atoms with Gasteiger partial charge in [-0.05, 0) is 41.8 Å². The minimum Gasteiger partial charge on any atom is -0.316 e. The second-order valence-electron chi connectivity index (χ2n) is 3.97. The van der Waals surface area contributed by atoms with E-state index >= 15 is 0 Å². The van der Waals surface area contributed by atoms with E-state index in [0.29, 0.717) is 13.1 Å². The molecule has 98 valence electrons. The topological polar surface area (TPSA) is 58.2 Å². The predicted octanol–water partition coefficient (Wildman–Crippen LogP) is 1.48. The van der Waals surface area contributed by atoms with E-state index < -0.39 is 10.0 Å². The molecule has 0 saturated heterocycles. The van der Waals surface area contributed by atoms with Crippen molar-refractivity contribution < 1.29 is 8.42 Å². The lowest BCUT2D eigenvalue weighted by Gasteiger charge is -2.07. The third-order valence-corrected chi connectivity index (χ3v) is 4.65. The number of nitrogens with one attached hydrogen (secondary N) is 2. The van der Waals surface area contributed by atoms with Crippen LogP contribution < -0.4 is 10.0 Å². The van der Waals surface area contributed by atoms with Crippen molar-refractivity contribution in [3.8, 4) is 0 Å². The van der Waals surface area contributed by atoms with Crippen LogP contribution in [0.1, 0.15) is 24.5 Å². The van der Waals surface area contributed by atoms with Crippen LogP contribution in [0.3, 0.4) is 0 Å². The van der Waals surface area contributed by atoms with E-state index in [2.05, 4.69) is 17.0 Å². The highest BCUT2D eigenvalue weighted by atomic mass is 32.2. The number of hydrogen-bond donors (Lipinski definition) is 2. The molecule has 0 spiro atoms. The summed E-state index contributed by atoms with van der Waals surface area (Å²) in [6.07, 6.45) is 1.02. The minimum absolute atomic E-state index is 0.135. The van der Waals surface area contributed by atoms with Crippen LogP contribution in [0.5, 0.6) is 0 Å². The molecule has 0 saturated carbocycles. The Kier molecular flexibility index (Phi) is 6.11. The summed E-state index contributed by atoms with van der Waals surface area (Å²) in [4.78, 5) is 0. The highest BCUT2D eigenvalue weighted by Crippen LogP contribution is 2.13. The third kappa shape index (κ3) is 5.63. The zero-order valence-corrected chi connectivity index (χ0v) is 12.0. The Bertz CT molecular complexity index is 426. The van der Waals surface area contributed by atoms with E-state index in [4.69, 9.17) is 0 Å². The lowest BCUT2D eigenvalue weighted by molar-refractivity contribution is 0.576. The predicted molar refractivity (Wildman–Crippen MR) is 72.8 cm³/mol. The van der Waals surface area contributed by atoms with Crippen LogP contribution in [0.25, 0.3) is 0 Å². The molecule has 0 aliphatic rings. The highest BCUT2D eigenvalue weighted by Gasteiger charge is 2.10. The second kappa shape index (κ2) is 7.10. The molecule has 0 fully saturated rings. The van der Waals surface area contributed by atoms with Gasteiger partial charge in [-0.2, -0.15) is 11.3 Å². The molecule has 0 amide bonds. The van der Waals surface area contributed by atoms with E-state index in [1.54, 1.807) is 11.3 Å². The Morgan fingerprint density at radius 1 is 1.29 bits per heavy atom. The van der Waals surface area contributed by atoms with Gasteiger partial charge in [-0.25, -0.2) is 13.1 Å². The first-order valence-electron chi connectivity index (χ1n) is 5.75. The van der Waals surface area contributed by atoms with Gasteiger partial charge in [0.25, 0.3) is 0 Å². The Morgan fingerprint density at radius 2 is 2.06 bits per heavy atom. The molecule has 0 aliphatic carbocycles. The zero-order valence-electron chi connectivity index (χ0n) is 10.3. The van der Waals surface area contributed by atoms with Crippen LogP contribution in [-0.4, -0.2) is 27.3 Å². The number of hydrogen-bond acceptors (Lipinski definition) is 4. The number of sulfonamides is 1. The van der Waals surface area contributed by atoms with Gasteiger partial charge in [0.15, 0.2) is 0 Å². The van der Waals surface area contributed by atoms with Gasteiger partial charge in [0.05, 0.1) is 5.75 Å². The smallest absolute Gasteiger partial charge is 0.213 e. The molecule has 1 aromatic heterocycles. The van der Waals surface area contributed by atoms with Gasteiger partial charge in [0.2, 0.25) is 10.0 Å². The molecule has 1 aromatic rings. The molecule has 2 N–H and O–H groups in total. The van der Waals surface area contributed by atoms with Crippen molar-refractivity contribution in [2.24, 2.45) is 0 Å². The summed E-state index contributed by atoms with van der Waals surface area (Å²) in [6, 6.07) is 0. The molecular formula is C11H20N2O2S2. The fourth-order valence-electron chi connectivity index (χ4n) is 1.34. The fourth-order valence-corrected chi connectivity index (χ4v) is 3.13. The van der Waals surface area contributed by atoms with Crippen molar-refractivity contribution in [1.29, 1.82) is 0 Å². The van der Waals surface area contributed by atoms with E-state index in [0.717, 1.165) is 24.1 Å². The molecule has 0 unspecified atom stereocenters. The average molecular weight is 276 g/mol. The first-order chi connectivity index (χ1) is 8.05. The summed E-state index contributed by atoms with van der Waals surface area (Å²) in [5, 5.41) is 7.08. The van der Waals surface area contributed by atoms with E-state index in [1.165, 1.54) is 0 Å². The first-order valence-corrected chi connectivity index (χ1v) is 8.34. The highest BCUT2D eigenvalue weighted by molar-refractivity contribution is 7.89. The zero-order chi connectivity index (χ0) is 12.7. The molecule has 6 heteroatoms. The molecule has 0 aliphatic heterocycles. The standard InChI is InChI=1S/C11H20N2O2S2/c1-3-4-12-5-6-17(14,15)13-7-11-9-16-8-10(11)2/h8-9,12-13H,3-7H2,1-2H3. The molecule has 1 rings (SSSR count). The molecule has 0 radical (unpaired) electrons. The summed E-state index contributed by atoms with van der Waals surface area (Å²) in [7, 11) is -3.16. The van der Waals surface area contributed by atoms with Crippen LogP contribution in [0.2, 0.25) is 0 Å². The SMILES string of the molecule is CCCNCCS(=O)(=O)NCc1cscc1C. The van der Waals surface area contributed by atoms with Crippen LogP contribution in [0.15, 0.2) is 10.8 Å². The second-order valence-corrected chi connectivity index (χ2v) is 6.64. The summed E-state index contributed by atoms with van der Waals surface area (Å²) >= 11 is 1.59. The monoisotopic (exact) mass is 276 g/mol. The van der Waals surface area contributed by atoms with Crippen molar-refractivity contribution in [3.05, 3.63) is 21.9 Å². The van der Waals surface area contributed by atoms with Gasteiger partial charge in [0, 0.05) is 13.1 Å². The first kappa shape index (κ1) is 14.6. The minimum atomic E-state index is -3.16. The molecule has 1 heterocycles. The lowest BCUT2D eigenvalue weighted by atomic mass is 10.2. The maximum absolute atomic E-state index is 11.7. The Balaban J connectivity index is 2.32. The number of rotatable bonds is 8. The number of thiophene rings is 1. The Labute approximate surface area is 107 Å². The summed E-state index contributed by atoms with van der Waals surface area (Å²) in [5.74, 6) is 0.135. The maximum atomic E-state index is 11.7. The lowest BCUT2D eigenvalue weighted by Crippen LogP contribution is -2.31. The molecule has 17 heavy (non-hydrogen) atoms. The molecule has 4 nitrogen and oxygen atoms in total. The van der Waals surface area contributed by atoms with E-state index in [9.17, 15) is 8.42 Å². The van der Waals surface area contributed by atoms with Crippen LogP contribution in [0, 0.1) is 6.92 Å². The van der Waals surface area contributed by atoms with Gasteiger partial charge in [-0.15, -0.1) is 0 Å². The molecule has 0 bridgehead atoms. The van der Waals surface area contributed by atoms with Crippen LogP contribution >= 0.6 is 11.3 Å². The van der Waals surface area contributed by atoms with Gasteiger partial charge in [0.1, 0.15) is 0 Å². The van der Waals surface area contributed by atoms with Crippen molar-refractivity contribution in [1.82, 2.24) is 10.0 Å². The van der Waals surface area contributed by atoms with Crippen molar-refractivity contribution >= 4 is 21.4 Å². The summed E-state index contributed by atoms with van der Waals surface area (Å²) in [5.41, 5.74) is 2.20. The van der Waals surface area contributed by atoms with Gasteiger partial charge >= 0.3 is 0 Å². The Hall–Kier alpha value is -0.430. The van der Waals surface area contributed by atoms with Gasteiger partial charge in [-0.1, -0.05) is 6.92 Å². The largest absolute Gasteiger partial charge is 0.316 e. The van der Waals surface area contributed by atoms with E-state index in [-0.39, 0.29) is 5.75 Å². The quantitative estimate of drug-likeness (QED) is 0.707. The molecule has 0 aromatic carbocycles. The number of aryl methyl sites for hydroxylation is 1.